The van der Waals surface area contributed by atoms with Gasteiger partial charge < -0.3 is 9.72 Å². The summed E-state index contributed by atoms with van der Waals surface area (Å²) >= 11 is 0. The van der Waals surface area contributed by atoms with Gasteiger partial charge in [0.1, 0.15) is 17.4 Å². The third-order valence-electron chi connectivity index (χ3n) is 2.51. The van der Waals surface area contributed by atoms with E-state index in [1.165, 1.54) is 6.07 Å². The summed E-state index contributed by atoms with van der Waals surface area (Å²) in [7, 11) is 0. The van der Waals surface area contributed by atoms with Crippen LogP contribution in [0.5, 0.6) is 5.75 Å². The Morgan fingerprint density at radius 2 is 1.94 bits per heavy atom. The molecule has 0 unspecified atom stereocenters. The van der Waals surface area contributed by atoms with Gasteiger partial charge in [-0.05, 0) is 48.9 Å². The van der Waals surface area contributed by atoms with Gasteiger partial charge in [0.05, 0.1) is 6.61 Å². The highest BCUT2D eigenvalue weighted by molar-refractivity contribution is 5.60. The Labute approximate surface area is 104 Å². The lowest BCUT2D eigenvalue weighted by molar-refractivity contribution is 0.340. The molecule has 4 nitrogen and oxygen atoms in total. The maximum atomic E-state index is 11.5. The molecule has 18 heavy (non-hydrogen) atoms. The number of hydrogen-bond acceptors (Lipinski definition) is 3. The van der Waals surface area contributed by atoms with Crippen molar-refractivity contribution in [3.8, 4) is 23.1 Å². The van der Waals surface area contributed by atoms with Crippen molar-refractivity contribution < 1.29 is 4.74 Å². The van der Waals surface area contributed by atoms with Gasteiger partial charge in [-0.1, -0.05) is 0 Å². The van der Waals surface area contributed by atoms with Crippen LogP contribution in [0, 0.1) is 11.3 Å². The molecule has 0 amide bonds. The molecule has 0 aliphatic heterocycles. The Kier molecular flexibility index (Phi) is 3.44. The van der Waals surface area contributed by atoms with Gasteiger partial charge in [0, 0.05) is 5.69 Å². The SMILES string of the molecule is CCOc1ccc(-c2ccc(C#N)c(=O)[nH]2)cc1. The molecule has 0 spiro atoms. The number of nitrogens with zero attached hydrogens (tertiary/aromatic N) is 1. The third kappa shape index (κ3) is 2.41. The number of H-pyrrole nitrogens is 1. The molecular formula is C14H12N2O2. The zero-order chi connectivity index (χ0) is 13.0. The fourth-order valence-corrected chi connectivity index (χ4v) is 1.63. The molecule has 1 N–H and O–H groups in total. The zero-order valence-electron chi connectivity index (χ0n) is 9.93. The number of nitrogens with one attached hydrogen (secondary N) is 1. The van der Waals surface area contributed by atoms with E-state index in [9.17, 15) is 4.79 Å². The van der Waals surface area contributed by atoms with Crippen molar-refractivity contribution in [3.63, 3.8) is 0 Å². The highest BCUT2D eigenvalue weighted by Gasteiger charge is 2.02. The number of hydrogen-bond donors (Lipinski definition) is 1. The van der Waals surface area contributed by atoms with Crippen LogP contribution in [-0.4, -0.2) is 11.6 Å². The second-order valence-electron chi connectivity index (χ2n) is 3.68. The van der Waals surface area contributed by atoms with E-state index in [2.05, 4.69) is 4.98 Å². The number of pyridine rings is 1. The first kappa shape index (κ1) is 11.9. The number of aromatic nitrogens is 1. The average Bonchev–Trinajstić information content (AvgIpc) is 2.40. The largest absolute Gasteiger partial charge is 0.494 e. The molecule has 0 aliphatic carbocycles. The maximum absolute atomic E-state index is 11.5. The van der Waals surface area contributed by atoms with E-state index in [4.69, 9.17) is 10.00 Å². The summed E-state index contributed by atoms with van der Waals surface area (Å²) in [5.41, 5.74) is 1.30. The van der Waals surface area contributed by atoms with Gasteiger partial charge in [-0.15, -0.1) is 0 Å². The van der Waals surface area contributed by atoms with Crippen LogP contribution in [0.2, 0.25) is 0 Å². The minimum Gasteiger partial charge on any atom is -0.494 e. The summed E-state index contributed by atoms with van der Waals surface area (Å²) in [4.78, 5) is 14.2. The number of ether oxygens (including phenoxy) is 1. The molecule has 1 aromatic carbocycles. The fraction of sp³-hybridized carbons (Fsp3) is 0.143. The van der Waals surface area contributed by atoms with Gasteiger partial charge in [0.2, 0.25) is 0 Å². The van der Waals surface area contributed by atoms with E-state index in [-0.39, 0.29) is 11.1 Å². The monoisotopic (exact) mass is 240 g/mol. The molecule has 0 fully saturated rings. The van der Waals surface area contributed by atoms with Crippen LogP contribution >= 0.6 is 0 Å². The molecule has 1 aromatic heterocycles. The van der Waals surface area contributed by atoms with Crippen molar-refractivity contribution in [1.29, 1.82) is 5.26 Å². The van der Waals surface area contributed by atoms with Crippen molar-refractivity contribution in [1.82, 2.24) is 4.98 Å². The standard InChI is InChI=1S/C14H12N2O2/c1-2-18-12-6-3-10(4-7-12)13-8-5-11(9-15)14(17)16-13/h3-8H,2H2,1H3,(H,16,17). The molecular weight excluding hydrogens is 228 g/mol. The Balaban J connectivity index is 2.34. The first-order chi connectivity index (χ1) is 8.74. The third-order valence-corrected chi connectivity index (χ3v) is 2.51. The van der Waals surface area contributed by atoms with Crippen LogP contribution in [0.15, 0.2) is 41.2 Å². The highest BCUT2D eigenvalue weighted by atomic mass is 16.5. The quantitative estimate of drug-likeness (QED) is 0.895. The van der Waals surface area contributed by atoms with Crippen LogP contribution in [0.3, 0.4) is 0 Å². The lowest BCUT2D eigenvalue weighted by Gasteiger charge is -2.05. The van der Waals surface area contributed by atoms with Crippen molar-refractivity contribution in [3.05, 3.63) is 52.3 Å². The Hall–Kier alpha value is -2.54. The Morgan fingerprint density at radius 3 is 2.50 bits per heavy atom. The zero-order valence-corrected chi connectivity index (χ0v) is 9.93. The van der Waals surface area contributed by atoms with Crippen molar-refractivity contribution in [2.75, 3.05) is 6.61 Å². The second-order valence-corrected chi connectivity index (χ2v) is 3.68. The van der Waals surface area contributed by atoms with Gasteiger partial charge in [0.25, 0.3) is 5.56 Å². The minimum atomic E-state index is -0.371. The van der Waals surface area contributed by atoms with Crippen LogP contribution in [0.25, 0.3) is 11.3 Å². The van der Waals surface area contributed by atoms with E-state index >= 15 is 0 Å². The summed E-state index contributed by atoms with van der Waals surface area (Å²) in [5.74, 6) is 0.789. The minimum absolute atomic E-state index is 0.115. The molecule has 0 saturated carbocycles. The van der Waals surface area contributed by atoms with E-state index in [0.717, 1.165) is 11.3 Å². The van der Waals surface area contributed by atoms with E-state index < -0.39 is 0 Å². The maximum Gasteiger partial charge on any atom is 0.266 e. The number of nitriles is 1. The number of aromatic amines is 1. The van der Waals surface area contributed by atoms with Crippen LogP contribution in [0.1, 0.15) is 12.5 Å². The molecule has 1 heterocycles. The molecule has 4 heteroatoms. The lowest BCUT2D eigenvalue weighted by Crippen LogP contribution is -2.10. The lowest BCUT2D eigenvalue weighted by atomic mass is 10.1. The van der Waals surface area contributed by atoms with Crippen LogP contribution in [-0.2, 0) is 0 Å². The number of rotatable bonds is 3. The van der Waals surface area contributed by atoms with Crippen LogP contribution < -0.4 is 10.3 Å². The van der Waals surface area contributed by atoms with E-state index in [0.29, 0.717) is 12.3 Å². The highest BCUT2D eigenvalue weighted by Crippen LogP contribution is 2.19. The van der Waals surface area contributed by atoms with Gasteiger partial charge in [-0.2, -0.15) is 5.26 Å². The molecule has 0 atom stereocenters. The van der Waals surface area contributed by atoms with Gasteiger partial charge in [0.15, 0.2) is 0 Å². The van der Waals surface area contributed by atoms with E-state index in [1.807, 2.05) is 37.3 Å². The fourth-order valence-electron chi connectivity index (χ4n) is 1.63. The topological polar surface area (TPSA) is 65.9 Å². The van der Waals surface area contributed by atoms with Crippen molar-refractivity contribution in [2.24, 2.45) is 0 Å². The summed E-state index contributed by atoms with van der Waals surface area (Å²) in [5, 5.41) is 8.69. The average molecular weight is 240 g/mol. The van der Waals surface area contributed by atoms with Gasteiger partial charge >= 0.3 is 0 Å². The molecule has 90 valence electrons. The van der Waals surface area contributed by atoms with Crippen molar-refractivity contribution in [2.45, 2.75) is 6.92 Å². The molecule has 0 radical (unpaired) electrons. The molecule has 2 rings (SSSR count). The normalized spacial score (nSPS) is 9.78. The van der Waals surface area contributed by atoms with Gasteiger partial charge in [-0.25, -0.2) is 0 Å². The second kappa shape index (κ2) is 5.19. The summed E-state index contributed by atoms with van der Waals surface area (Å²) in [6.45, 7) is 2.54. The molecule has 0 aliphatic rings. The summed E-state index contributed by atoms with van der Waals surface area (Å²) in [6, 6.07) is 12.5. The Morgan fingerprint density at radius 1 is 1.22 bits per heavy atom. The molecule has 0 saturated heterocycles. The first-order valence-electron chi connectivity index (χ1n) is 5.61. The summed E-state index contributed by atoms with van der Waals surface area (Å²) in [6.07, 6.45) is 0. The molecule has 2 aromatic rings. The van der Waals surface area contributed by atoms with Crippen molar-refractivity contribution >= 4 is 0 Å². The van der Waals surface area contributed by atoms with E-state index in [1.54, 1.807) is 6.07 Å². The smallest absolute Gasteiger partial charge is 0.266 e. The summed E-state index contributed by atoms with van der Waals surface area (Å²) < 4.78 is 5.34. The van der Waals surface area contributed by atoms with Crippen LogP contribution in [0.4, 0.5) is 0 Å². The Bertz CT molecular complexity index is 636. The first-order valence-corrected chi connectivity index (χ1v) is 5.61. The predicted molar refractivity (Wildman–Crippen MR) is 68.4 cm³/mol. The number of benzene rings is 1. The predicted octanol–water partition coefficient (Wildman–Crippen LogP) is 2.31. The molecule has 0 bridgehead atoms. The van der Waals surface area contributed by atoms with Gasteiger partial charge in [-0.3, -0.25) is 4.79 Å².